The Hall–Kier alpha value is -3.22. The summed E-state index contributed by atoms with van der Waals surface area (Å²) in [6.07, 6.45) is 2.66. The van der Waals surface area contributed by atoms with E-state index in [0.29, 0.717) is 12.8 Å². The Morgan fingerprint density at radius 3 is 2.59 bits per heavy atom. The summed E-state index contributed by atoms with van der Waals surface area (Å²) < 4.78 is 1.88. The van der Waals surface area contributed by atoms with E-state index in [9.17, 15) is 4.79 Å². The molecule has 0 unspecified atom stereocenters. The van der Waals surface area contributed by atoms with Crippen molar-refractivity contribution in [1.82, 2.24) is 25.4 Å². The molecular weight excluding hydrogens is 340 g/mol. The van der Waals surface area contributed by atoms with Crippen molar-refractivity contribution in [3.8, 4) is 5.69 Å². The van der Waals surface area contributed by atoms with Crippen LogP contribution < -0.4 is 5.43 Å². The molecule has 0 radical (unpaired) electrons. The number of amides is 1. The van der Waals surface area contributed by atoms with Gasteiger partial charge in [-0.2, -0.15) is 15.3 Å². The number of aryl methyl sites for hydroxylation is 3. The zero-order chi connectivity index (χ0) is 19.4. The van der Waals surface area contributed by atoms with Crippen LogP contribution in [0.4, 0.5) is 0 Å². The highest BCUT2D eigenvalue weighted by Gasteiger charge is 2.12. The van der Waals surface area contributed by atoms with Crippen molar-refractivity contribution in [2.45, 2.75) is 40.5 Å². The number of carbonyl (C=O) groups excluding carboxylic acids is 1. The molecule has 2 aromatic heterocycles. The minimum absolute atomic E-state index is 0.128. The van der Waals surface area contributed by atoms with Crippen molar-refractivity contribution in [3.63, 3.8) is 0 Å². The number of nitrogens with zero attached hydrogens (tertiary/aromatic N) is 4. The standard InChI is InChI=1S/C20H24N6O/c1-13-18(14(2)23-22-13)10-11-20(27)24-21-12-19-15(3)25-26(16(19)4)17-8-6-5-7-9-17/h5-9,12H,10-11H2,1-4H3,(H,22,23)(H,24,27). The molecule has 140 valence electrons. The van der Waals surface area contributed by atoms with Crippen LogP contribution in [0, 0.1) is 27.7 Å². The number of aromatic amines is 1. The van der Waals surface area contributed by atoms with Crippen LogP contribution in [0.2, 0.25) is 0 Å². The molecule has 0 saturated carbocycles. The number of carbonyl (C=O) groups is 1. The first-order valence-electron chi connectivity index (χ1n) is 8.91. The van der Waals surface area contributed by atoms with E-state index in [1.165, 1.54) is 0 Å². The van der Waals surface area contributed by atoms with E-state index in [2.05, 4.69) is 25.8 Å². The first-order valence-corrected chi connectivity index (χ1v) is 8.91. The van der Waals surface area contributed by atoms with Gasteiger partial charge in [-0.15, -0.1) is 0 Å². The molecule has 0 spiro atoms. The molecular formula is C20H24N6O. The summed E-state index contributed by atoms with van der Waals surface area (Å²) in [6, 6.07) is 9.93. The molecule has 3 rings (SSSR count). The van der Waals surface area contributed by atoms with E-state index < -0.39 is 0 Å². The third kappa shape index (κ3) is 4.13. The Morgan fingerprint density at radius 1 is 1.19 bits per heavy atom. The molecule has 1 aromatic carbocycles. The Labute approximate surface area is 158 Å². The van der Waals surface area contributed by atoms with E-state index in [4.69, 9.17) is 0 Å². The van der Waals surface area contributed by atoms with Gasteiger partial charge in [0.25, 0.3) is 0 Å². The van der Waals surface area contributed by atoms with Gasteiger partial charge in [-0.3, -0.25) is 9.89 Å². The highest BCUT2D eigenvalue weighted by Crippen LogP contribution is 2.16. The van der Waals surface area contributed by atoms with Gasteiger partial charge in [-0.1, -0.05) is 18.2 Å². The lowest BCUT2D eigenvalue weighted by Gasteiger charge is -2.03. The van der Waals surface area contributed by atoms with Crippen LogP contribution in [0.1, 0.15) is 40.3 Å². The van der Waals surface area contributed by atoms with Gasteiger partial charge in [0.15, 0.2) is 0 Å². The smallest absolute Gasteiger partial charge is 0.240 e. The zero-order valence-corrected chi connectivity index (χ0v) is 16.1. The number of aromatic nitrogens is 4. The van der Waals surface area contributed by atoms with Gasteiger partial charge in [0.05, 0.1) is 29.0 Å². The Balaban J connectivity index is 1.63. The number of nitrogens with one attached hydrogen (secondary N) is 2. The fourth-order valence-electron chi connectivity index (χ4n) is 3.07. The number of hydrogen-bond donors (Lipinski definition) is 2. The number of hydrogen-bond acceptors (Lipinski definition) is 4. The van der Waals surface area contributed by atoms with Crippen LogP contribution in [-0.2, 0) is 11.2 Å². The predicted molar refractivity (Wildman–Crippen MR) is 105 cm³/mol. The lowest BCUT2D eigenvalue weighted by atomic mass is 10.1. The maximum Gasteiger partial charge on any atom is 0.240 e. The second-order valence-corrected chi connectivity index (χ2v) is 6.54. The summed E-state index contributed by atoms with van der Waals surface area (Å²) in [7, 11) is 0. The first kappa shape index (κ1) is 18.6. The minimum atomic E-state index is -0.128. The van der Waals surface area contributed by atoms with E-state index in [-0.39, 0.29) is 5.91 Å². The molecule has 0 aliphatic rings. The van der Waals surface area contributed by atoms with Crippen molar-refractivity contribution < 1.29 is 4.79 Å². The lowest BCUT2D eigenvalue weighted by Crippen LogP contribution is -2.18. The fourth-order valence-corrected chi connectivity index (χ4v) is 3.07. The van der Waals surface area contributed by atoms with E-state index in [0.717, 1.165) is 39.6 Å². The molecule has 2 N–H and O–H groups in total. The van der Waals surface area contributed by atoms with E-state index in [1.807, 2.05) is 62.7 Å². The average Bonchev–Trinajstić information content (AvgIpc) is 3.13. The van der Waals surface area contributed by atoms with Crippen LogP contribution in [0.25, 0.3) is 5.69 Å². The molecule has 1 amide bonds. The number of rotatable bonds is 6. The summed E-state index contributed by atoms with van der Waals surface area (Å²) in [4.78, 5) is 12.1. The third-order valence-electron chi connectivity index (χ3n) is 4.61. The van der Waals surface area contributed by atoms with Crippen molar-refractivity contribution >= 4 is 12.1 Å². The van der Waals surface area contributed by atoms with Crippen molar-refractivity contribution in [1.29, 1.82) is 0 Å². The molecule has 3 aromatic rings. The lowest BCUT2D eigenvalue weighted by molar-refractivity contribution is -0.121. The second kappa shape index (κ2) is 7.99. The van der Waals surface area contributed by atoms with Crippen molar-refractivity contribution in [2.24, 2.45) is 5.10 Å². The van der Waals surface area contributed by atoms with Crippen LogP contribution in [0.5, 0.6) is 0 Å². The molecule has 0 bridgehead atoms. The molecule has 0 aliphatic heterocycles. The van der Waals surface area contributed by atoms with Crippen LogP contribution in [0.3, 0.4) is 0 Å². The van der Waals surface area contributed by atoms with E-state index in [1.54, 1.807) is 6.21 Å². The quantitative estimate of drug-likeness (QED) is 0.521. The molecule has 7 heteroatoms. The van der Waals surface area contributed by atoms with Crippen LogP contribution >= 0.6 is 0 Å². The number of para-hydroxylation sites is 1. The van der Waals surface area contributed by atoms with Gasteiger partial charge in [0.2, 0.25) is 5.91 Å². The summed E-state index contributed by atoms with van der Waals surface area (Å²) in [5, 5.41) is 15.8. The first-order chi connectivity index (χ1) is 13.0. The number of H-pyrrole nitrogens is 1. The molecule has 27 heavy (non-hydrogen) atoms. The predicted octanol–water partition coefficient (Wildman–Crippen LogP) is 2.91. The Kier molecular flexibility index (Phi) is 5.49. The SMILES string of the molecule is Cc1nn(-c2ccccc2)c(C)c1C=NNC(=O)CCc1c(C)n[nH]c1C. The third-order valence-corrected chi connectivity index (χ3v) is 4.61. The summed E-state index contributed by atoms with van der Waals surface area (Å²) in [6.45, 7) is 7.81. The van der Waals surface area contributed by atoms with Gasteiger partial charge >= 0.3 is 0 Å². The van der Waals surface area contributed by atoms with Crippen molar-refractivity contribution in [3.05, 3.63) is 64.2 Å². The number of hydrazone groups is 1. The molecule has 7 nitrogen and oxygen atoms in total. The molecule has 0 atom stereocenters. The van der Waals surface area contributed by atoms with Crippen molar-refractivity contribution in [2.75, 3.05) is 0 Å². The second-order valence-electron chi connectivity index (χ2n) is 6.54. The molecule has 2 heterocycles. The van der Waals surface area contributed by atoms with Gasteiger partial charge in [0, 0.05) is 17.7 Å². The topological polar surface area (TPSA) is 88.0 Å². The van der Waals surface area contributed by atoms with Gasteiger partial charge < -0.3 is 0 Å². The van der Waals surface area contributed by atoms with Crippen LogP contribution in [-0.4, -0.2) is 32.1 Å². The average molecular weight is 364 g/mol. The minimum Gasteiger partial charge on any atom is -0.282 e. The summed E-state index contributed by atoms with van der Waals surface area (Å²) >= 11 is 0. The van der Waals surface area contributed by atoms with Gasteiger partial charge in [0.1, 0.15) is 0 Å². The largest absolute Gasteiger partial charge is 0.282 e. The maximum atomic E-state index is 12.1. The Morgan fingerprint density at radius 2 is 1.93 bits per heavy atom. The van der Waals surface area contributed by atoms with Gasteiger partial charge in [-0.05, 0) is 51.8 Å². The molecule has 0 fully saturated rings. The zero-order valence-electron chi connectivity index (χ0n) is 16.1. The molecule has 0 aliphatic carbocycles. The molecule has 0 saturated heterocycles. The number of benzene rings is 1. The highest BCUT2D eigenvalue weighted by molar-refractivity contribution is 5.84. The fraction of sp³-hybridized carbons (Fsp3) is 0.300. The monoisotopic (exact) mass is 364 g/mol. The maximum absolute atomic E-state index is 12.1. The summed E-state index contributed by atoms with van der Waals surface area (Å²) in [5.74, 6) is -0.128. The normalized spacial score (nSPS) is 11.3. The van der Waals surface area contributed by atoms with E-state index >= 15 is 0 Å². The Bertz CT molecular complexity index is 949. The van der Waals surface area contributed by atoms with Gasteiger partial charge in [-0.25, -0.2) is 10.1 Å². The summed E-state index contributed by atoms with van der Waals surface area (Å²) in [5.41, 5.74) is 9.35. The van der Waals surface area contributed by atoms with Crippen LogP contribution in [0.15, 0.2) is 35.4 Å². The highest BCUT2D eigenvalue weighted by atomic mass is 16.2.